The molecule has 3 heterocycles. The Kier molecular flexibility index (Phi) is 7.46. The Morgan fingerprint density at radius 3 is 2.63 bits per heavy atom. The van der Waals surface area contributed by atoms with E-state index in [1.54, 1.807) is 18.2 Å². The molecule has 11 heteroatoms. The van der Waals surface area contributed by atoms with Gasteiger partial charge in [0.15, 0.2) is 11.5 Å². The first-order chi connectivity index (χ1) is 19.9. The van der Waals surface area contributed by atoms with E-state index in [9.17, 15) is 13.5 Å². The lowest BCUT2D eigenvalue weighted by Gasteiger charge is -2.21. The van der Waals surface area contributed by atoms with Crippen LogP contribution < -0.4 is 19.5 Å². The van der Waals surface area contributed by atoms with Gasteiger partial charge in [-0.2, -0.15) is 8.42 Å². The second kappa shape index (κ2) is 11.3. The number of fused-ring (bicyclic) bond motifs is 2. The number of pyridine rings is 1. The van der Waals surface area contributed by atoms with E-state index in [1.165, 1.54) is 12.1 Å². The van der Waals surface area contributed by atoms with Crippen molar-refractivity contribution in [1.29, 1.82) is 0 Å². The van der Waals surface area contributed by atoms with Gasteiger partial charge in [0.1, 0.15) is 37.9 Å². The fourth-order valence-corrected chi connectivity index (χ4v) is 5.88. The highest BCUT2D eigenvalue weighted by Crippen LogP contribution is 2.40. The number of rotatable bonds is 9. The number of imidazole rings is 1. The summed E-state index contributed by atoms with van der Waals surface area (Å²) in [5.41, 5.74) is 3.26. The van der Waals surface area contributed by atoms with Gasteiger partial charge in [-0.1, -0.05) is 23.8 Å². The molecule has 2 aromatic carbocycles. The molecule has 10 nitrogen and oxygen atoms in total. The van der Waals surface area contributed by atoms with E-state index in [4.69, 9.17) is 23.4 Å². The number of aryl methyl sites for hydroxylation is 1. The topological polar surface area (TPSA) is 121 Å². The zero-order chi connectivity index (χ0) is 28.4. The molecule has 1 aliphatic heterocycles. The summed E-state index contributed by atoms with van der Waals surface area (Å²) in [7, 11) is -3.90. The summed E-state index contributed by atoms with van der Waals surface area (Å²) in [6, 6.07) is 17.7. The standard InChI is InChI=1S/C30H31N3O7S/c1-20-5-12-24(13-6-20)41(35,36)40-18-17-39-28-4-2-3-27-32-29(21-7-10-23(34)11-8-21)30(33(27)28)31-22-9-14-25-26(19-22)38-16-15-37-25/h2-6,9-10,12-14,19,21,31,34H,7-8,11,15-18H2,1H3. The maximum atomic E-state index is 12.6. The van der Waals surface area contributed by atoms with Gasteiger partial charge in [-0.05, 0) is 62.2 Å². The van der Waals surface area contributed by atoms with E-state index < -0.39 is 10.1 Å². The normalized spacial score (nSPS) is 16.8. The molecule has 6 rings (SSSR count). The van der Waals surface area contributed by atoms with Gasteiger partial charge in [0.05, 0.1) is 16.3 Å². The lowest BCUT2D eigenvalue weighted by atomic mass is 9.90. The Morgan fingerprint density at radius 2 is 1.85 bits per heavy atom. The van der Waals surface area contributed by atoms with Gasteiger partial charge in [0.25, 0.3) is 10.1 Å². The zero-order valence-corrected chi connectivity index (χ0v) is 23.4. The minimum atomic E-state index is -3.90. The van der Waals surface area contributed by atoms with Crippen molar-refractivity contribution in [3.8, 4) is 17.4 Å². The molecule has 0 saturated heterocycles. The van der Waals surface area contributed by atoms with Gasteiger partial charge in [-0.3, -0.25) is 4.18 Å². The summed E-state index contributed by atoms with van der Waals surface area (Å²) in [5.74, 6) is 3.03. The maximum Gasteiger partial charge on any atom is 0.297 e. The smallest absolute Gasteiger partial charge is 0.297 e. The lowest BCUT2D eigenvalue weighted by Crippen LogP contribution is -2.15. The number of benzene rings is 2. The van der Waals surface area contributed by atoms with Crippen LogP contribution in [0.3, 0.4) is 0 Å². The Morgan fingerprint density at radius 1 is 1.05 bits per heavy atom. The molecule has 0 bridgehead atoms. The summed E-state index contributed by atoms with van der Waals surface area (Å²) in [6.07, 6.45) is 3.84. The van der Waals surface area contributed by atoms with Crippen molar-refractivity contribution in [2.24, 2.45) is 0 Å². The van der Waals surface area contributed by atoms with E-state index >= 15 is 0 Å². The molecule has 2 N–H and O–H groups in total. The average Bonchev–Trinajstić information content (AvgIpc) is 3.34. The molecule has 1 atom stereocenters. The van der Waals surface area contributed by atoms with Crippen molar-refractivity contribution in [1.82, 2.24) is 9.38 Å². The van der Waals surface area contributed by atoms with E-state index in [2.05, 4.69) is 5.32 Å². The van der Waals surface area contributed by atoms with Crippen LogP contribution in [0.2, 0.25) is 0 Å². The largest absolute Gasteiger partial charge is 0.513 e. The highest BCUT2D eigenvalue weighted by atomic mass is 32.2. The molecule has 0 spiro atoms. The predicted octanol–water partition coefficient (Wildman–Crippen LogP) is 5.65. The van der Waals surface area contributed by atoms with Crippen LogP contribution in [0.25, 0.3) is 5.65 Å². The van der Waals surface area contributed by atoms with Crippen LogP contribution >= 0.6 is 0 Å². The van der Waals surface area contributed by atoms with Crippen LogP contribution in [0.15, 0.2) is 77.4 Å². The highest BCUT2D eigenvalue weighted by Gasteiger charge is 2.26. The first kappa shape index (κ1) is 27.0. The van der Waals surface area contributed by atoms with Gasteiger partial charge < -0.3 is 24.6 Å². The van der Waals surface area contributed by atoms with Crippen LogP contribution in [0.4, 0.5) is 11.5 Å². The fraction of sp³-hybridized carbons (Fsp3) is 0.300. The van der Waals surface area contributed by atoms with Crippen LogP contribution in [0.1, 0.15) is 36.4 Å². The summed E-state index contributed by atoms with van der Waals surface area (Å²) in [6.45, 7) is 2.72. The Hall–Kier alpha value is -4.22. The zero-order valence-electron chi connectivity index (χ0n) is 22.6. The SMILES string of the molecule is Cc1ccc(S(=O)(=O)OCCOc2cccc3nc(C4CC=C(O)CC4)c(Nc4ccc5c(c4)OCCO5)n23)cc1. The third-order valence-corrected chi connectivity index (χ3v) is 8.42. The summed E-state index contributed by atoms with van der Waals surface area (Å²) in [4.78, 5) is 5.05. The molecule has 2 aliphatic rings. The maximum absolute atomic E-state index is 12.6. The van der Waals surface area contributed by atoms with Gasteiger partial charge in [-0.25, -0.2) is 9.38 Å². The van der Waals surface area contributed by atoms with Crippen molar-refractivity contribution in [3.05, 3.63) is 83.8 Å². The highest BCUT2D eigenvalue weighted by molar-refractivity contribution is 7.86. The van der Waals surface area contributed by atoms with Gasteiger partial charge in [0.2, 0.25) is 5.88 Å². The summed E-state index contributed by atoms with van der Waals surface area (Å²) < 4.78 is 49.8. The molecule has 0 radical (unpaired) electrons. The predicted molar refractivity (Wildman–Crippen MR) is 153 cm³/mol. The molecular weight excluding hydrogens is 546 g/mol. The number of anilines is 2. The number of aliphatic hydroxyl groups excluding tert-OH is 1. The van der Waals surface area contributed by atoms with Crippen molar-refractivity contribution in [3.63, 3.8) is 0 Å². The minimum absolute atomic E-state index is 0.00121. The van der Waals surface area contributed by atoms with E-state index in [0.29, 0.717) is 54.8 Å². The number of nitrogens with one attached hydrogen (secondary N) is 1. The van der Waals surface area contributed by atoms with Gasteiger partial charge in [0, 0.05) is 24.1 Å². The number of aromatic nitrogens is 2. The Bertz CT molecular complexity index is 1700. The number of hydrogen-bond donors (Lipinski definition) is 2. The van der Waals surface area contributed by atoms with Gasteiger partial charge >= 0.3 is 0 Å². The minimum Gasteiger partial charge on any atom is -0.513 e. The van der Waals surface area contributed by atoms with E-state index in [-0.39, 0.29) is 24.0 Å². The van der Waals surface area contributed by atoms with Gasteiger partial charge in [-0.15, -0.1) is 0 Å². The number of nitrogens with zero attached hydrogens (tertiary/aromatic N) is 2. The second-order valence-electron chi connectivity index (χ2n) is 9.99. The second-order valence-corrected chi connectivity index (χ2v) is 11.6. The monoisotopic (exact) mass is 577 g/mol. The lowest BCUT2D eigenvalue weighted by molar-refractivity contribution is 0.171. The van der Waals surface area contributed by atoms with Crippen LogP contribution in [-0.2, 0) is 14.3 Å². The van der Waals surface area contributed by atoms with Crippen LogP contribution in [0, 0.1) is 6.92 Å². The van der Waals surface area contributed by atoms with Crippen molar-refractivity contribution >= 4 is 27.3 Å². The number of ether oxygens (including phenoxy) is 3. The third-order valence-electron chi connectivity index (χ3n) is 7.09. The van der Waals surface area contributed by atoms with Crippen LogP contribution in [0.5, 0.6) is 17.4 Å². The van der Waals surface area contributed by atoms with E-state index in [1.807, 2.05) is 47.7 Å². The molecule has 0 amide bonds. The number of hydrogen-bond acceptors (Lipinski definition) is 9. The quantitative estimate of drug-likeness (QED) is 0.192. The Balaban J connectivity index is 1.27. The molecule has 0 fully saturated rings. The fourth-order valence-electron chi connectivity index (χ4n) is 4.99. The number of allylic oxidation sites excluding steroid dienone is 2. The summed E-state index contributed by atoms with van der Waals surface area (Å²) in [5, 5.41) is 13.5. The molecule has 1 aliphatic carbocycles. The average molecular weight is 578 g/mol. The first-order valence-electron chi connectivity index (χ1n) is 13.5. The van der Waals surface area contributed by atoms with E-state index in [0.717, 1.165) is 29.2 Å². The third kappa shape index (κ3) is 5.82. The summed E-state index contributed by atoms with van der Waals surface area (Å²) >= 11 is 0. The molecule has 4 aromatic rings. The molecule has 0 saturated carbocycles. The first-order valence-corrected chi connectivity index (χ1v) is 14.9. The van der Waals surface area contributed by atoms with Crippen molar-refractivity contribution in [2.45, 2.75) is 37.0 Å². The molecule has 1 unspecified atom stereocenters. The Labute approximate surface area is 238 Å². The molecular formula is C30H31N3O7S. The molecule has 41 heavy (non-hydrogen) atoms. The van der Waals surface area contributed by atoms with Crippen molar-refractivity contribution in [2.75, 3.05) is 31.7 Å². The molecule has 2 aromatic heterocycles. The number of aliphatic hydroxyl groups is 1. The molecule has 214 valence electrons. The van der Waals surface area contributed by atoms with Crippen LogP contribution in [-0.4, -0.2) is 49.3 Å². The van der Waals surface area contributed by atoms with Crippen molar-refractivity contribution < 1.29 is 31.9 Å².